The molecule has 13 heteroatoms. The number of allylic oxidation sites excluding steroid dienone is 10. The number of phosphoric ester groups is 1. The number of ketones is 1. The Balaban J connectivity index is 2.52. The molecule has 1 rings (SSSR count). The van der Waals surface area contributed by atoms with Crippen LogP contribution in [0.1, 0.15) is 136 Å². The van der Waals surface area contributed by atoms with Crippen LogP contribution >= 0.6 is 7.82 Å². The zero-order chi connectivity index (χ0) is 45.2. The van der Waals surface area contributed by atoms with Gasteiger partial charge in [-0.1, -0.05) is 119 Å². The van der Waals surface area contributed by atoms with Crippen molar-refractivity contribution in [3.8, 4) is 0 Å². The highest BCUT2D eigenvalue weighted by atomic mass is 31.2. The molecule has 1 unspecified atom stereocenters. The number of hydrogen-bond donors (Lipinski definition) is 3. The third kappa shape index (κ3) is 31.5. The van der Waals surface area contributed by atoms with E-state index in [9.17, 15) is 34.1 Å². The first-order valence-electron chi connectivity index (χ1n) is 22.8. The Kier molecular flexibility index (Phi) is 31.7. The van der Waals surface area contributed by atoms with Crippen molar-refractivity contribution in [3.05, 3.63) is 72.9 Å². The van der Waals surface area contributed by atoms with Crippen LogP contribution in [0, 0.1) is 11.8 Å². The molecule has 348 valence electrons. The second kappa shape index (κ2) is 34.5. The van der Waals surface area contributed by atoms with Gasteiger partial charge in [0.2, 0.25) is 0 Å². The van der Waals surface area contributed by atoms with Crippen molar-refractivity contribution in [3.63, 3.8) is 0 Å². The lowest BCUT2D eigenvalue weighted by molar-refractivity contribution is -0.870. The van der Waals surface area contributed by atoms with Crippen LogP contribution in [0.2, 0.25) is 0 Å². The molecule has 3 N–H and O–H groups in total. The van der Waals surface area contributed by atoms with Gasteiger partial charge in [-0.2, -0.15) is 0 Å². The van der Waals surface area contributed by atoms with Gasteiger partial charge in [-0.25, -0.2) is 4.57 Å². The second-order valence-electron chi connectivity index (χ2n) is 16.8. The maximum absolute atomic E-state index is 12.7. The van der Waals surface area contributed by atoms with E-state index < -0.39 is 44.7 Å². The highest BCUT2D eigenvalue weighted by Gasteiger charge is 2.39. The Hall–Kier alpha value is -2.96. The Bertz CT molecular complexity index is 1430. The third-order valence-corrected chi connectivity index (χ3v) is 11.1. The lowest BCUT2D eigenvalue weighted by Crippen LogP contribution is -2.37. The minimum absolute atomic E-state index is 0.00292. The number of esters is 2. The summed E-state index contributed by atoms with van der Waals surface area (Å²) in [5, 5.41) is 20.7. The summed E-state index contributed by atoms with van der Waals surface area (Å²) >= 11 is 0. The lowest BCUT2D eigenvalue weighted by atomic mass is 9.90. The third-order valence-electron chi connectivity index (χ3n) is 10.1. The summed E-state index contributed by atoms with van der Waals surface area (Å²) < 4.78 is 34.2. The minimum Gasteiger partial charge on any atom is -0.462 e. The van der Waals surface area contributed by atoms with E-state index in [1.165, 1.54) is 0 Å². The van der Waals surface area contributed by atoms with Crippen molar-refractivity contribution in [2.45, 2.75) is 154 Å². The van der Waals surface area contributed by atoms with E-state index in [-0.39, 0.29) is 50.1 Å². The first-order chi connectivity index (χ1) is 29.2. The van der Waals surface area contributed by atoms with Gasteiger partial charge >= 0.3 is 19.8 Å². The predicted molar refractivity (Wildman–Crippen MR) is 243 cm³/mol. The Morgan fingerprint density at radius 1 is 0.787 bits per heavy atom. The smallest absolute Gasteiger partial charge is 0.462 e. The van der Waals surface area contributed by atoms with Gasteiger partial charge in [0.25, 0.3) is 0 Å². The fraction of sp³-hybridized carbons (Fsp3) is 0.688. The summed E-state index contributed by atoms with van der Waals surface area (Å²) in [7, 11) is 1.30. The summed E-state index contributed by atoms with van der Waals surface area (Å²) in [4.78, 5) is 48.2. The number of phosphoric acid groups is 1. The van der Waals surface area contributed by atoms with Gasteiger partial charge in [0.1, 0.15) is 25.5 Å². The van der Waals surface area contributed by atoms with E-state index in [0.29, 0.717) is 43.1 Å². The van der Waals surface area contributed by atoms with Gasteiger partial charge in [0.05, 0.1) is 40.0 Å². The fourth-order valence-electron chi connectivity index (χ4n) is 6.45. The molecular weight excluding hydrogens is 797 g/mol. The van der Waals surface area contributed by atoms with E-state index in [1.807, 2.05) is 33.3 Å². The highest BCUT2D eigenvalue weighted by Crippen LogP contribution is 2.43. The number of carbonyl (C=O) groups excluding carboxylic acids is 3. The molecule has 0 aromatic heterocycles. The number of aliphatic hydroxyl groups excluding tert-OH is 2. The quantitative estimate of drug-likeness (QED) is 0.0180. The van der Waals surface area contributed by atoms with E-state index >= 15 is 0 Å². The monoisotopic (exact) mass is 879 g/mol. The molecule has 6 atom stereocenters. The molecule has 0 spiro atoms. The molecule has 0 heterocycles. The number of nitrogens with zero attached hydrogens (tertiary/aromatic N) is 1. The average molecular weight is 879 g/mol. The van der Waals surface area contributed by atoms with Gasteiger partial charge in [0, 0.05) is 31.1 Å². The second-order valence-corrected chi connectivity index (χ2v) is 18.3. The molecule has 0 amide bonds. The molecule has 61 heavy (non-hydrogen) atoms. The summed E-state index contributed by atoms with van der Waals surface area (Å²) in [5.41, 5.74) is 0. The minimum atomic E-state index is -4.45. The van der Waals surface area contributed by atoms with Gasteiger partial charge in [-0.15, -0.1) is 0 Å². The summed E-state index contributed by atoms with van der Waals surface area (Å²) in [6, 6.07) is 0. The normalized spacial score (nSPS) is 19.7. The summed E-state index contributed by atoms with van der Waals surface area (Å²) in [6.07, 6.45) is 36.0. The number of aliphatic hydroxyl groups is 2. The highest BCUT2D eigenvalue weighted by molar-refractivity contribution is 7.47. The van der Waals surface area contributed by atoms with E-state index in [1.54, 1.807) is 12.2 Å². The number of carbonyl (C=O) groups is 3. The van der Waals surface area contributed by atoms with E-state index in [0.717, 1.165) is 70.6 Å². The molecule has 1 saturated carbocycles. The molecule has 1 fully saturated rings. The van der Waals surface area contributed by atoms with Crippen LogP contribution in [0.4, 0.5) is 0 Å². The topological polar surface area (TPSA) is 166 Å². The molecule has 0 aromatic carbocycles. The lowest BCUT2D eigenvalue weighted by Gasteiger charge is -2.24. The first kappa shape index (κ1) is 56.1. The Morgan fingerprint density at radius 2 is 1.41 bits per heavy atom. The van der Waals surface area contributed by atoms with Crippen LogP contribution < -0.4 is 0 Å². The standard InChI is InChI=1S/C48H80NO11P/c1-6-8-10-11-12-13-14-15-16-17-18-19-20-21-22-23-29-33-48(54)60-42(40-59-61(55,56)58-37-36-49(3,4)5)39-57-47(53)32-28-25-24-27-31-43-44(46(52)38-45(43)51)35-34-41(50)30-26-9-7-2/h8,10,12-13,15-16,18-19,24,27,34-35,41-44,46,50,52H,6-7,9,11,14,17,20-23,25-26,28-33,36-40H2,1-5H3/p+1/b10-8-,13-12-,16-15-,19-18-,27-24-,35-34+/t41-,42+,43+,44+,46+/m0/s1. The molecular formula is C48H81NO11P+. The fourth-order valence-corrected chi connectivity index (χ4v) is 7.20. The van der Waals surface area contributed by atoms with Gasteiger partial charge in [-0.3, -0.25) is 23.4 Å². The van der Waals surface area contributed by atoms with E-state index in [2.05, 4.69) is 62.5 Å². The number of likely N-dealkylation sites (N-methyl/N-ethyl adjacent to an activating group) is 1. The molecule has 0 aromatic rings. The number of ether oxygens (including phenoxy) is 2. The number of quaternary nitrogens is 1. The first-order valence-corrected chi connectivity index (χ1v) is 24.3. The van der Waals surface area contributed by atoms with Crippen molar-refractivity contribution < 1.29 is 57.1 Å². The van der Waals surface area contributed by atoms with Crippen molar-refractivity contribution in [1.29, 1.82) is 0 Å². The van der Waals surface area contributed by atoms with Crippen LogP contribution in [0.5, 0.6) is 0 Å². The maximum Gasteiger partial charge on any atom is 0.472 e. The van der Waals surface area contributed by atoms with Crippen molar-refractivity contribution in [1.82, 2.24) is 0 Å². The number of hydrogen-bond acceptors (Lipinski definition) is 10. The molecule has 1 aliphatic carbocycles. The van der Waals surface area contributed by atoms with Gasteiger partial charge in [-0.05, 0) is 70.6 Å². The molecule has 0 radical (unpaired) electrons. The zero-order valence-electron chi connectivity index (χ0n) is 38.1. The molecule has 0 saturated heterocycles. The average Bonchev–Trinajstić information content (AvgIpc) is 3.47. The van der Waals surface area contributed by atoms with Crippen LogP contribution in [-0.2, 0) is 37.5 Å². The summed E-state index contributed by atoms with van der Waals surface area (Å²) in [5.74, 6) is -1.75. The Labute approximate surface area is 368 Å². The zero-order valence-corrected chi connectivity index (χ0v) is 39.0. The van der Waals surface area contributed by atoms with E-state index in [4.69, 9.17) is 18.5 Å². The number of unbranched alkanes of at least 4 members (excludes halogenated alkanes) is 7. The number of rotatable bonds is 36. The van der Waals surface area contributed by atoms with Gasteiger partial charge < -0.3 is 29.1 Å². The van der Waals surface area contributed by atoms with Crippen LogP contribution in [0.25, 0.3) is 0 Å². The predicted octanol–water partition coefficient (Wildman–Crippen LogP) is 9.61. The van der Waals surface area contributed by atoms with Crippen molar-refractivity contribution >= 4 is 25.5 Å². The molecule has 0 bridgehead atoms. The molecule has 0 aliphatic heterocycles. The number of Topliss-reactive ketones (excluding diaryl/α,β-unsaturated/α-hetero) is 1. The van der Waals surface area contributed by atoms with Gasteiger partial charge in [0.15, 0.2) is 6.10 Å². The summed E-state index contributed by atoms with van der Waals surface area (Å²) in [6.45, 7) is 3.84. The van der Waals surface area contributed by atoms with Crippen molar-refractivity contribution in [2.24, 2.45) is 11.8 Å². The van der Waals surface area contributed by atoms with Crippen LogP contribution in [0.3, 0.4) is 0 Å². The van der Waals surface area contributed by atoms with Crippen molar-refractivity contribution in [2.75, 3.05) is 47.5 Å². The molecule has 1 aliphatic rings. The largest absolute Gasteiger partial charge is 0.472 e. The molecule has 12 nitrogen and oxygen atoms in total. The Morgan fingerprint density at radius 3 is 2.08 bits per heavy atom. The maximum atomic E-state index is 12.7. The van der Waals surface area contributed by atoms with Crippen LogP contribution in [0.15, 0.2) is 72.9 Å². The van der Waals surface area contributed by atoms with Crippen LogP contribution in [-0.4, -0.2) is 103 Å². The SMILES string of the molecule is CC/C=C\C/C=C\C/C=C\C/C=C\CCCCCCC(=O)O[C@H](COC(=O)CCC/C=C\C[C@H]1C(=O)C[C@@H](O)[C@@H]1/C=C/[C@@H](O)CCCCC)COP(=O)(O)OCC[N+](C)(C)C.